The number of hydrogen-bond donors (Lipinski definition) is 2. The SMILES string of the molecule is COCCOc1ccc(Br)cc1C(=O)NC(=S)NCCC1=CCCCC1. The number of thiocarbonyl (C=S) groups is 1. The minimum absolute atomic E-state index is 0.298. The first-order chi connectivity index (χ1) is 12.6. The van der Waals surface area contributed by atoms with Gasteiger partial charge in [-0.1, -0.05) is 27.6 Å². The number of halogens is 1. The van der Waals surface area contributed by atoms with Crippen molar-refractivity contribution in [2.24, 2.45) is 0 Å². The van der Waals surface area contributed by atoms with Crippen molar-refractivity contribution in [2.45, 2.75) is 32.1 Å². The van der Waals surface area contributed by atoms with Gasteiger partial charge >= 0.3 is 0 Å². The lowest BCUT2D eigenvalue weighted by Crippen LogP contribution is -2.39. The van der Waals surface area contributed by atoms with Gasteiger partial charge in [-0.05, 0) is 62.5 Å². The quantitative estimate of drug-likeness (QED) is 0.363. The van der Waals surface area contributed by atoms with Crippen LogP contribution in [0.4, 0.5) is 0 Å². The normalized spacial score (nSPS) is 13.7. The van der Waals surface area contributed by atoms with Gasteiger partial charge in [-0.15, -0.1) is 0 Å². The maximum Gasteiger partial charge on any atom is 0.261 e. The van der Waals surface area contributed by atoms with Gasteiger partial charge in [0.05, 0.1) is 12.2 Å². The number of carbonyl (C=O) groups excluding carboxylic acids is 1. The van der Waals surface area contributed by atoms with Crippen molar-refractivity contribution >= 4 is 39.2 Å². The number of rotatable bonds is 8. The second-order valence-corrected chi connectivity index (χ2v) is 7.37. The van der Waals surface area contributed by atoms with Crippen LogP contribution in [0.25, 0.3) is 0 Å². The van der Waals surface area contributed by atoms with E-state index in [9.17, 15) is 4.79 Å². The Morgan fingerprint density at radius 1 is 1.31 bits per heavy atom. The fraction of sp³-hybridized carbons (Fsp3) is 0.474. The summed E-state index contributed by atoms with van der Waals surface area (Å²) in [7, 11) is 1.60. The Balaban J connectivity index is 1.86. The molecule has 5 nitrogen and oxygen atoms in total. The van der Waals surface area contributed by atoms with Gasteiger partial charge in [0.2, 0.25) is 0 Å². The van der Waals surface area contributed by atoms with E-state index >= 15 is 0 Å². The first-order valence-corrected chi connectivity index (χ1v) is 9.98. The van der Waals surface area contributed by atoms with Crippen molar-refractivity contribution in [3.05, 3.63) is 39.9 Å². The Labute approximate surface area is 168 Å². The van der Waals surface area contributed by atoms with Crippen LogP contribution < -0.4 is 15.4 Å². The molecular formula is C19H25BrN2O3S. The number of methoxy groups -OCH3 is 1. The van der Waals surface area contributed by atoms with E-state index in [2.05, 4.69) is 32.6 Å². The lowest BCUT2D eigenvalue weighted by molar-refractivity contribution is 0.0968. The lowest BCUT2D eigenvalue weighted by atomic mass is 9.97. The third kappa shape index (κ3) is 7.05. The third-order valence-electron chi connectivity index (χ3n) is 4.08. The molecule has 0 spiro atoms. The van der Waals surface area contributed by atoms with E-state index in [0.717, 1.165) is 17.4 Å². The predicted octanol–water partition coefficient (Wildman–Crippen LogP) is 3.97. The molecule has 0 heterocycles. The average molecular weight is 441 g/mol. The number of nitrogens with one attached hydrogen (secondary N) is 2. The third-order valence-corrected chi connectivity index (χ3v) is 4.81. The highest BCUT2D eigenvalue weighted by Gasteiger charge is 2.15. The molecular weight excluding hydrogens is 416 g/mol. The van der Waals surface area contributed by atoms with E-state index in [0.29, 0.717) is 29.6 Å². The highest BCUT2D eigenvalue weighted by Crippen LogP contribution is 2.23. The van der Waals surface area contributed by atoms with Crippen LogP contribution in [0, 0.1) is 0 Å². The monoisotopic (exact) mass is 440 g/mol. The van der Waals surface area contributed by atoms with Crippen LogP contribution >= 0.6 is 28.1 Å². The summed E-state index contributed by atoms with van der Waals surface area (Å²) in [6, 6.07) is 5.29. The van der Waals surface area contributed by atoms with Crippen LogP contribution in [0.5, 0.6) is 5.75 Å². The summed E-state index contributed by atoms with van der Waals surface area (Å²) < 4.78 is 11.4. The molecule has 2 N–H and O–H groups in total. The maximum absolute atomic E-state index is 12.5. The molecule has 0 fully saturated rings. The molecule has 26 heavy (non-hydrogen) atoms. The van der Waals surface area contributed by atoms with Crippen LogP contribution in [0.2, 0.25) is 0 Å². The van der Waals surface area contributed by atoms with Crippen molar-refractivity contribution in [1.29, 1.82) is 0 Å². The summed E-state index contributed by atoms with van der Waals surface area (Å²) in [5.74, 6) is 0.200. The molecule has 0 aromatic heterocycles. The summed E-state index contributed by atoms with van der Waals surface area (Å²) in [6.07, 6.45) is 8.16. The number of hydrogen-bond acceptors (Lipinski definition) is 4. The zero-order chi connectivity index (χ0) is 18.8. The van der Waals surface area contributed by atoms with E-state index in [-0.39, 0.29) is 5.91 Å². The Hall–Kier alpha value is -1.44. The van der Waals surface area contributed by atoms with Gasteiger partial charge in [0.15, 0.2) is 5.11 Å². The number of ether oxygens (including phenoxy) is 2. The predicted molar refractivity (Wildman–Crippen MR) is 111 cm³/mol. The Kier molecular flexibility index (Phi) is 9.08. The molecule has 0 saturated heterocycles. The van der Waals surface area contributed by atoms with Crippen molar-refractivity contribution in [2.75, 3.05) is 26.9 Å². The molecule has 0 saturated carbocycles. The molecule has 0 bridgehead atoms. The summed E-state index contributed by atoms with van der Waals surface area (Å²) in [5.41, 5.74) is 1.90. The van der Waals surface area contributed by atoms with Crippen molar-refractivity contribution in [1.82, 2.24) is 10.6 Å². The number of benzene rings is 1. The van der Waals surface area contributed by atoms with Gasteiger partial charge in [0.25, 0.3) is 5.91 Å². The van der Waals surface area contributed by atoms with Gasteiger partial charge in [0, 0.05) is 18.1 Å². The molecule has 2 rings (SSSR count). The van der Waals surface area contributed by atoms with Crippen LogP contribution in [0.15, 0.2) is 34.3 Å². The molecule has 1 aromatic rings. The Morgan fingerprint density at radius 2 is 2.15 bits per heavy atom. The molecule has 7 heteroatoms. The zero-order valence-corrected chi connectivity index (χ0v) is 17.4. The number of amides is 1. The van der Waals surface area contributed by atoms with Gasteiger partial charge in [0.1, 0.15) is 12.4 Å². The molecule has 1 aliphatic rings. The van der Waals surface area contributed by atoms with Gasteiger partial charge in [-0.3, -0.25) is 10.1 Å². The Bertz CT molecular complexity index is 664. The standard InChI is InChI=1S/C19H25BrN2O3S/c1-24-11-12-25-17-8-7-15(20)13-16(17)18(23)22-19(26)21-10-9-14-5-3-2-4-6-14/h5,7-8,13H,2-4,6,9-12H2,1H3,(H2,21,22,23,26). The van der Waals surface area contributed by atoms with E-state index in [1.165, 1.54) is 31.3 Å². The highest BCUT2D eigenvalue weighted by molar-refractivity contribution is 9.10. The molecule has 0 atom stereocenters. The molecule has 142 valence electrons. The molecule has 0 radical (unpaired) electrons. The second-order valence-electron chi connectivity index (χ2n) is 6.05. The Morgan fingerprint density at radius 3 is 2.88 bits per heavy atom. The maximum atomic E-state index is 12.5. The summed E-state index contributed by atoms with van der Waals surface area (Å²) >= 11 is 8.63. The summed E-state index contributed by atoms with van der Waals surface area (Å²) in [4.78, 5) is 12.5. The first kappa shape index (κ1) is 20.9. The van der Waals surface area contributed by atoms with E-state index in [1.54, 1.807) is 19.2 Å². The number of carbonyl (C=O) groups is 1. The van der Waals surface area contributed by atoms with Crippen LogP contribution in [-0.4, -0.2) is 37.9 Å². The molecule has 0 aliphatic heterocycles. The zero-order valence-electron chi connectivity index (χ0n) is 15.0. The van der Waals surface area contributed by atoms with Crippen molar-refractivity contribution in [3.8, 4) is 5.75 Å². The molecule has 1 aromatic carbocycles. The van der Waals surface area contributed by atoms with E-state index < -0.39 is 0 Å². The van der Waals surface area contributed by atoms with E-state index in [4.69, 9.17) is 21.7 Å². The van der Waals surface area contributed by atoms with Crippen molar-refractivity contribution < 1.29 is 14.3 Å². The molecule has 0 unspecified atom stereocenters. The average Bonchev–Trinajstić information content (AvgIpc) is 2.64. The highest BCUT2D eigenvalue weighted by atomic mass is 79.9. The fourth-order valence-corrected chi connectivity index (χ4v) is 3.28. The first-order valence-electron chi connectivity index (χ1n) is 8.78. The number of allylic oxidation sites excluding steroid dienone is 1. The van der Waals surface area contributed by atoms with Gasteiger partial charge in [-0.25, -0.2) is 0 Å². The topological polar surface area (TPSA) is 59.6 Å². The minimum Gasteiger partial charge on any atom is -0.490 e. The summed E-state index contributed by atoms with van der Waals surface area (Å²) in [6.45, 7) is 1.55. The second kappa shape index (κ2) is 11.3. The molecule has 1 amide bonds. The van der Waals surface area contributed by atoms with Gasteiger partial charge < -0.3 is 14.8 Å². The lowest BCUT2D eigenvalue weighted by Gasteiger charge is -2.15. The largest absolute Gasteiger partial charge is 0.490 e. The fourth-order valence-electron chi connectivity index (χ4n) is 2.72. The molecule has 1 aliphatic carbocycles. The van der Waals surface area contributed by atoms with E-state index in [1.807, 2.05) is 6.07 Å². The van der Waals surface area contributed by atoms with Crippen molar-refractivity contribution in [3.63, 3.8) is 0 Å². The summed E-state index contributed by atoms with van der Waals surface area (Å²) in [5, 5.41) is 6.15. The minimum atomic E-state index is -0.298. The van der Waals surface area contributed by atoms with Gasteiger partial charge in [-0.2, -0.15) is 0 Å². The van der Waals surface area contributed by atoms with Crippen LogP contribution in [0.3, 0.4) is 0 Å². The van der Waals surface area contributed by atoms with Crippen LogP contribution in [-0.2, 0) is 4.74 Å². The van der Waals surface area contributed by atoms with Crippen LogP contribution in [0.1, 0.15) is 42.5 Å². The smallest absolute Gasteiger partial charge is 0.261 e.